The largest absolute Gasteiger partial charge is 0.456 e. The van der Waals surface area contributed by atoms with Crippen molar-refractivity contribution in [2.45, 2.75) is 58.0 Å². The van der Waals surface area contributed by atoms with E-state index in [4.69, 9.17) is 4.12 Å². The summed E-state index contributed by atoms with van der Waals surface area (Å²) in [7, 11) is -6.25. The molecule has 1 aliphatic heterocycles. The lowest BCUT2D eigenvalue weighted by Crippen LogP contribution is -2.50. The van der Waals surface area contributed by atoms with Crippen molar-refractivity contribution in [2.75, 3.05) is 32.4 Å². The average Bonchev–Trinajstić information content (AvgIpc) is 2.40. The lowest BCUT2D eigenvalue weighted by atomic mass is 10.2. The molecule has 0 unspecified atom stereocenters. The molecule has 0 radical (unpaired) electrons. The van der Waals surface area contributed by atoms with Crippen molar-refractivity contribution in [2.24, 2.45) is 0 Å². The van der Waals surface area contributed by atoms with Crippen molar-refractivity contribution >= 4 is 32.6 Å². The van der Waals surface area contributed by atoms with Crippen molar-refractivity contribution in [1.82, 2.24) is 9.21 Å². The van der Waals surface area contributed by atoms with Gasteiger partial charge in [0.2, 0.25) is 15.9 Å². The molecule has 1 amide bonds. The SMILES string of the molecule is C[Si](C)(C)O[Si](C)(C)CCCCC(=O)N1CCN(S(C)(=O)=O)CC1. The van der Waals surface area contributed by atoms with Gasteiger partial charge in [-0.25, -0.2) is 8.42 Å². The van der Waals surface area contributed by atoms with Gasteiger partial charge in [-0.2, -0.15) is 4.31 Å². The van der Waals surface area contributed by atoms with Gasteiger partial charge in [-0.15, -0.1) is 0 Å². The third-order valence-corrected chi connectivity index (χ3v) is 11.6. The van der Waals surface area contributed by atoms with E-state index in [-0.39, 0.29) is 5.91 Å². The van der Waals surface area contributed by atoms with Crippen LogP contribution in [0.1, 0.15) is 19.3 Å². The second kappa shape index (κ2) is 8.44. The highest BCUT2D eigenvalue weighted by Crippen LogP contribution is 2.21. The molecule has 24 heavy (non-hydrogen) atoms. The highest BCUT2D eigenvalue weighted by molar-refractivity contribution is 7.88. The Kier molecular flexibility index (Phi) is 7.67. The average molecular weight is 395 g/mol. The number of carbonyl (C=O) groups excluding carboxylic acids is 1. The third kappa shape index (κ3) is 8.24. The summed E-state index contributed by atoms with van der Waals surface area (Å²) in [5.74, 6) is 0.147. The fourth-order valence-electron chi connectivity index (χ4n) is 3.13. The summed E-state index contributed by atoms with van der Waals surface area (Å²) in [6, 6.07) is 1.09. The Labute approximate surface area is 149 Å². The quantitative estimate of drug-likeness (QED) is 0.468. The third-order valence-electron chi connectivity index (χ3n) is 4.06. The van der Waals surface area contributed by atoms with Crippen LogP contribution in [0.5, 0.6) is 0 Å². The molecule has 0 bridgehead atoms. The minimum absolute atomic E-state index is 0.147. The van der Waals surface area contributed by atoms with Crippen LogP contribution in [0.3, 0.4) is 0 Å². The van der Waals surface area contributed by atoms with Crippen LogP contribution in [-0.4, -0.2) is 72.6 Å². The van der Waals surface area contributed by atoms with Crippen LogP contribution in [0.25, 0.3) is 0 Å². The summed E-state index contributed by atoms with van der Waals surface area (Å²) >= 11 is 0. The standard InChI is InChI=1S/C15H34N2O4SSi2/c1-22(19,20)17-12-10-16(11-13-17)15(18)9-7-8-14-24(5,6)21-23(2,3)4/h7-14H2,1-6H3. The van der Waals surface area contributed by atoms with E-state index in [2.05, 4.69) is 32.7 Å². The number of carbonyl (C=O) groups is 1. The van der Waals surface area contributed by atoms with Gasteiger partial charge in [0.25, 0.3) is 0 Å². The number of piperazine rings is 1. The summed E-state index contributed by atoms with van der Waals surface area (Å²) in [5, 5.41) is 0. The van der Waals surface area contributed by atoms with Gasteiger partial charge in [-0.05, 0) is 45.2 Å². The Morgan fingerprint density at radius 1 is 1.00 bits per heavy atom. The van der Waals surface area contributed by atoms with E-state index in [0.717, 1.165) is 18.9 Å². The maximum atomic E-state index is 12.3. The molecule has 0 atom stereocenters. The molecule has 0 N–H and O–H groups in total. The second-order valence-corrected chi connectivity index (χ2v) is 19.3. The Bertz CT molecular complexity index is 524. The highest BCUT2D eigenvalue weighted by atomic mass is 32.2. The fraction of sp³-hybridized carbons (Fsp3) is 0.933. The Morgan fingerprint density at radius 2 is 1.54 bits per heavy atom. The number of hydrogen-bond donors (Lipinski definition) is 0. The molecule has 0 spiro atoms. The van der Waals surface area contributed by atoms with Gasteiger partial charge in [0.05, 0.1) is 6.26 Å². The smallest absolute Gasteiger partial charge is 0.222 e. The summed E-state index contributed by atoms with van der Waals surface area (Å²) in [6.45, 7) is 13.0. The lowest BCUT2D eigenvalue weighted by molar-refractivity contribution is -0.132. The van der Waals surface area contributed by atoms with Crippen molar-refractivity contribution in [3.8, 4) is 0 Å². The molecule has 1 saturated heterocycles. The number of unbranched alkanes of at least 4 members (excludes halogenated alkanes) is 1. The van der Waals surface area contributed by atoms with Gasteiger partial charge >= 0.3 is 0 Å². The topological polar surface area (TPSA) is 66.9 Å². The first kappa shape index (κ1) is 21.8. The van der Waals surface area contributed by atoms with Crippen LogP contribution in [0.4, 0.5) is 0 Å². The van der Waals surface area contributed by atoms with E-state index in [1.54, 1.807) is 4.90 Å². The van der Waals surface area contributed by atoms with E-state index >= 15 is 0 Å². The first-order valence-corrected chi connectivity index (χ1v) is 17.1. The zero-order chi connectivity index (χ0) is 18.6. The maximum absolute atomic E-state index is 12.3. The van der Waals surface area contributed by atoms with Crippen LogP contribution in [0, 0.1) is 0 Å². The zero-order valence-electron chi connectivity index (χ0n) is 16.1. The molecule has 9 heteroatoms. The normalized spacial score (nSPS) is 18.0. The molecule has 0 aromatic carbocycles. The molecule has 1 rings (SSSR count). The zero-order valence-corrected chi connectivity index (χ0v) is 18.9. The van der Waals surface area contributed by atoms with Crippen LogP contribution in [-0.2, 0) is 18.9 Å². The first-order chi connectivity index (χ1) is 10.8. The molecule has 142 valence electrons. The molecule has 1 fully saturated rings. The second-order valence-electron chi connectivity index (χ2n) is 8.22. The van der Waals surface area contributed by atoms with Crippen LogP contribution < -0.4 is 0 Å². The van der Waals surface area contributed by atoms with Crippen LogP contribution in [0.2, 0.25) is 38.8 Å². The summed E-state index contributed by atoms with van der Waals surface area (Å²) in [4.78, 5) is 14.0. The first-order valence-electron chi connectivity index (χ1n) is 8.73. The van der Waals surface area contributed by atoms with Gasteiger partial charge in [0.1, 0.15) is 0 Å². The van der Waals surface area contributed by atoms with Crippen molar-refractivity contribution in [1.29, 1.82) is 0 Å². The van der Waals surface area contributed by atoms with Crippen molar-refractivity contribution in [3.63, 3.8) is 0 Å². The Balaban J connectivity index is 2.28. The predicted octanol–water partition coefficient (Wildman–Crippen LogP) is 2.32. The van der Waals surface area contributed by atoms with E-state index in [1.807, 2.05) is 0 Å². The summed E-state index contributed by atoms with van der Waals surface area (Å²) < 4.78 is 30.7. The van der Waals surface area contributed by atoms with Gasteiger partial charge in [-0.3, -0.25) is 4.79 Å². The van der Waals surface area contributed by atoms with E-state index in [1.165, 1.54) is 10.6 Å². The van der Waals surface area contributed by atoms with E-state index < -0.39 is 26.7 Å². The molecule has 0 saturated carbocycles. The molecule has 1 aliphatic rings. The minimum Gasteiger partial charge on any atom is -0.456 e. The van der Waals surface area contributed by atoms with Gasteiger partial charge in [0.15, 0.2) is 16.6 Å². The number of nitrogens with zero attached hydrogens (tertiary/aromatic N) is 2. The highest BCUT2D eigenvalue weighted by Gasteiger charge is 2.29. The Hall–Kier alpha value is -0.226. The van der Waals surface area contributed by atoms with Crippen LogP contribution in [0.15, 0.2) is 0 Å². The van der Waals surface area contributed by atoms with Crippen molar-refractivity contribution < 1.29 is 17.3 Å². The maximum Gasteiger partial charge on any atom is 0.222 e. The number of amides is 1. The van der Waals surface area contributed by atoms with Crippen LogP contribution >= 0.6 is 0 Å². The van der Waals surface area contributed by atoms with Crippen molar-refractivity contribution in [3.05, 3.63) is 0 Å². The molecule has 1 heterocycles. The lowest BCUT2D eigenvalue weighted by Gasteiger charge is -2.33. The molecule has 6 nitrogen and oxygen atoms in total. The number of rotatable bonds is 8. The van der Waals surface area contributed by atoms with Gasteiger partial charge in [0, 0.05) is 32.6 Å². The summed E-state index contributed by atoms with van der Waals surface area (Å²) in [5.41, 5.74) is 0. The number of hydrogen-bond acceptors (Lipinski definition) is 4. The summed E-state index contributed by atoms with van der Waals surface area (Å²) in [6.07, 6.45) is 3.68. The minimum atomic E-state index is -3.14. The fourth-order valence-corrected chi connectivity index (χ4v) is 12.1. The molecule has 0 aromatic rings. The monoisotopic (exact) mass is 394 g/mol. The predicted molar refractivity (Wildman–Crippen MR) is 104 cm³/mol. The molecular formula is C15H34N2O4SSi2. The van der Waals surface area contributed by atoms with E-state index in [9.17, 15) is 13.2 Å². The van der Waals surface area contributed by atoms with E-state index in [0.29, 0.717) is 32.6 Å². The molecule has 0 aliphatic carbocycles. The number of sulfonamides is 1. The van der Waals surface area contributed by atoms with Gasteiger partial charge in [-0.1, -0.05) is 6.42 Å². The molecular weight excluding hydrogens is 360 g/mol. The van der Waals surface area contributed by atoms with Gasteiger partial charge < -0.3 is 9.02 Å². The Morgan fingerprint density at radius 3 is 2.00 bits per heavy atom. The molecule has 0 aromatic heterocycles.